The van der Waals surface area contributed by atoms with Crippen LogP contribution in [0.15, 0.2) is 60.7 Å². The van der Waals surface area contributed by atoms with E-state index in [9.17, 15) is 19.8 Å². The fraction of sp³-hybridized carbons (Fsp3) is 0.200. The van der Waals surface area contributed by atoms with E-state index in [1.165, 1.54) is 24.8 Å². The summed E-state index contributed by atoms with van der Waals surface area (Å²) in [6.45, 7) is 0. The number of methoxy groups -OCH3 is 1. The maximum atomic E-state index is 11.3. The van der Waals surface area contributed by atoms with Crippen molar-refractivity contribution in [3.8, 4) is 11.5 Å². The SMILES string of the molecule is COc1cc(CCc2ccc(CCc3ccc(C(=O)O)c(C(=O)O)c3)cc2)ccc1O. The van der Waals surface area contributed by atoms with E-state index >= 15 is 0 Å². The van der Waals surface area contributed by atoms with Crippen molar-refractivity contribution in [2.45, 2.75) is 25.7 Å². The first-order valence-corrected chi connectivity index (χ1v) is 9.90. The molecule has 0 unspecified atom stereocenters. The third-order valence-electron chi connectivity index (χ3n) is 5.22. The molecule has 0 bridgehead atoms. The van der Waals surface area contributed by atoms with Gasteiger partial charge in [-0.1, -0.05) is 36.4 Å². The molecular weight excluding hydrogens is 396 g/mol. The summed E-state index contributed by atoms with van der Waals surface area (Å²) in [6, 6.07) is 18.1. The average molecular weight is 420 g/mol. The summed E-state index contributed by atoms with van der Waals surface area (Å²) in [6.07, 6.45) is 3.02. The maximum absolute atomic E-state index is 11.3. The van der Waals surface area contributed by atoms with Crippen LogP contribution in [0.5, 0.6) is 11.5 Å². The second-order valence-corrected chi connectivity index (χ2v) is 7.31. The van der Waals surface area contributed by atoms with Gasteiger partial charge in [0.1, 0.15) is 0 Å². The molecule has 0 amide bonds. The molecule has 31 heavy (non-hydrogen) atoms. The van der Waals surface area contributed by atoms with Crippen LogP contribution in [0.25, 0.3) is 0 Å². The van der Waals surface area contributed by atoms with E-state index in [1.807, 2.05) is 12.1 Å². The van der Waals surface area contributed by atoms with Crippen molar-refractivity contribution in [3.05, 3.63) is 94.0 Å². The monoisotopic (exact) mass is 420 g/mol. The van der Waals surface area contributed by atoms with Gasteiger partial charge in [0.15, 0.2) is 11.5 Å². The third-order valence-corrected chi connectivity index (χ3v) is 5.22. The Labute approximate surface area is 180 Å². The highest BCUT2D eigenvalue weighted by Crippen LogP contribution is 2.27. The lowest BCUT2D eigenvalue weighted by atomic mass is 9.98. The number of hydrogen-bond donors (Lipinski definition) is 3. The molecule has 3 N–H and O–H groups in total. The number of phenols is 1. The standard InChI is InChI=1S/C25H24O6/c1-31-23-15-19(11-13-22(23)26)9-7-17-4-2-16(3-5-17)6-8-18-10-12-20(24(27)28)21(14-18)25(29)30/h2-5,10-15,26H,6-9H2,1H3,(H,27,28)(H,29,30). The molecule has 0 heterocycles. The second-order valence-electron chi connectivity index (χ2n) is 7.31. The molecule has 0 atom stereocenters. The summed E-state index contributed by atoms with van der Waals surface area (Å²) in [7, 11) is 1.53. The molecule has 6 heteroatoms. The van der Waals surface area contributed by atoms with E-state index in [1.54, 1.807) is 12.1 Å². The van der Waals surface area contributed by atoms with Crippen molar-refractivity contribution in [2.75, 3.05) is 7.11 Å². The number of carboxylic acid groups (broad SMARTS) is 2. The summed E-state index contributed by atoms with van der Waals surface area (Å²) in [5, 5.41) is 28.0. The van der Waals surface area contributed by atoms with Crippen LogP contribution in [-0.2, 0) is 25.7 Å². The molecule has 0 spiro atoms. The fourth-order valence-corrected chi connectivity index (χ4v) is 3.44. The number of carbonyl (C=O) groups is 2. The van der Waals surface area contributed by atoms with Gasteiger partial charge in [-0.25, -0.2) is 9.59 Å². The molecule has 0 aliphatic heterocycles. The van der Waals surface area contributed by atoms with Crippen molar-refractivity contribution in [3.63, 3.8) is 0 Å². The molecule has 0 aliphatic carbocycles. The molecule has 0 saturated carbocycles. The number of benzene rings is 3. The van der Waals surface area contributed by atoms with Crippen LogP contribution in [0, 0.1) is 0 Å². The minimum atomic E-state index is -1.25. The molecule has 3 aromatic rings. The Kier molecular flexibility index (Phi) is 6.92. The molecule has 0 radical (unpaired) electrons. The topological polar surface area (TPSA) is 104 Å². The van der Waals surface area contributed by atoms with Gasteiger partial charge in [0.2, 0.25) is 0 Å². The van der Waals surface area contributed by atoms with E-state index in [4.69, 9.17) is 9.84 Å². The smallest absolute Gasteiger partial charge is 0.336 e. The Balaban J connectivity index is 1.59. The van der Waals surface area contributed by atoms with Crippen molar-refractivity contribution in [2.24, 2.45) is 0 Å². The molecule has 0 fully saturated rings. The molecular formula is C25H24O6. The number of ether oxygens (including phenoxy) is 1. The number of aromatic hydroxyl groups is 1. The van der Waals surface area contributed by atoms with Gasteiger partial charge in [0.25, 0.3) is 0 Å². The third kappa shape index (κ3) is 5.63. The van der Waals surface area contributed by atoms with Crippen molar-refractivity contribution >= 4 is 11.9 Å². The minimum absolute atomic E-state index is 0.128. The molecule has 3 aromatic carbocycles. The molecule has 3 rings (SSSR count). The van der Waals surface area contributed by atoms with Gasteiger partial charge in [0, 0.05) is 0 Å². The first-order valence-electron chi connectivity index (χ1n) is 9.90. The van der Waals surface area contributed by atoms with Crippen molar-refractivity contribution in [1.82, 2.24) is 0 Å². The quantitative estimate of drug-likeness (QED) is 0.475. The second kappa shape index (κ2) is 9.80. The lowest BCUT2D eigenvalue weighted by molar-refractivity contribution is 0.0651. The first-order chi connectivity index (χ1) is 14.9. The Bertz CT molecular complexity index is 1090. The highest BCUT2D eigenvalue weighted by molar-refractivity contribution is 6.01. The lowest BCUT2D eigenvalue weighted by Crippen LogP contribution is -2.09. The van der Waals surface area contributed by atoms with Crippen LogP contribution in [0.4, 0.5) is 0 Å². The number of rotatable bonds is 9. The van der Waals surface area contributed by atoms with E-state index in [0.29, 0.717) is 12.2 Å². The van der Waals surface area contributed by atoms with Gasteiger partial charge in [-0.15, -0.1) is 0 Å². The van der Waals surface area contributed by atoms with Gasteiger partial charge in [-0.2, -0.15) is 0 Å². The van der Waals surface area contributed by atoms with E-state index in [-0.39, 0.29) is 16.9 Å². The van der Waals surface area contributed by atoms with Crippen molar-refractivity contribution in [1.29, 1.82) is 0 Å². The Morgan fingerprint density at radius 1 is 0.677 bits per heavy atom. The van der Waals surface area contributed by atoms with Crippen LogP contribution < -0.4 is 4.74 Å². The lowest BCUT2D eigenvalue weighted by Gasteiger charge is -2.08. The number of carboxylic acids is 2. The Morgan fingerprint density at radius 3 is 1.65 bits per heavy atom. The van der Waals surface area contributed by atoms with Gasteiger partial charge < -0.3 is 20.1 Å². The largest absolute Gasteiger partial charge is 0.504 e. The molecule has 0 saturated heterocycles. The van der Waals surface area contributed by atoms with E-state index in [0.717, 1.165) is 36.0 Å². The number of aromatic carboxylic acids is 2. The Hall–Kier alpha value is -3.80. The first kappa shape index (κ1) is 21.9. The Morgan fingerprint density at radius 2 is 1.13 bits per heavy atom. The van der Waals surface area contributed by atoms with E-state index in [2.05, 4.69) is 24.3 Å². The predicted octanol–water partition coefficient (Wildman–Crippen LogP) is 4.37. The summed E-state index contributed by atoms with van der Waals surface area (Å²) in [4.78, 5) is 22.5. The highest BCUT2D eigenvalue weighted by atomic mass is 16.5. The van der Waals surface area contributed by atoms with Crippen LogP contribution in [0.1, 0.15) is 43.0 Å². The number of hydrogen-bond acceptors (Lipinski definition) is 4. The molecule has 0 aromatic heterocycles. The minimum Gasteiger partial charge on any atom is -0.504 e. The normalized spacial score (nSPS) is 10.6. The van der Waals surface area contributed by atoms with Crippen molar-refractivity contribution < 1.29 is 29.6 Å². The average Bonchev–Trinajstić information content (AvgIpc) is 2.77. The van der Waals surface area contributed by atoms with Crippen LogP contribution in [0.2, 0.25) is 0 Å². The predicted molar refractivity (Wildman–Crippen MR) is 116 cm³/mol. The summed E-state index contributed by atoms with van der Waals surface area (Å²) < 4.78 is 5.14. The van der Waals surface area contributed by atoms with Gasteiger partial charge in [-0.05, 0) is 72.2 Å². The van der Waals surface area contributed by atoms with Gasteiger partial charge >= 0.3 is 11.9 Å². The zero-order valence-corrected chi connectivity index (χ0v) is 17.2. The summed E-state index contributed by atoms with van der Waals surface area (Å²) >= 11 is 0. The van der Waals surface area contributed by atoms with Gasteiger partial charge in [0.05, 0.1) is 18.2 Å². The van der Waals surface area contributed by atoms with Crippen LogP contribution in [-0.4, -0.2) is 34.4 Å². The number of phenolic OH excluding ortho intramolecular Hbond substituents is 1. The molecule has 0 aliphatic rings. The zero-order valence-electron chi connectivity index (χ0n) is 17.2. The summed E-state index contributed by atoms with van der Waals surface area (Å²) in [5.41, 5.74) is 3.78. The van der Waals surface area contributed by atoms with E-state index < -0.39 is 11.9 Å². The highest BCUT2D eigenvalue weighted by Gasteiger charge is 2.16. The van der Waals surface area contributed by atoms with Crippen LogP contribution >= 0.6 is 0 Å². The molecule has 6 nitrogen and oxygen atoms in total. The number of aryl methyl sites for hydroxylation is 4. The fourth-order valence-electron chi connectivity index (χ4n) is 3.44. The maximum Gasteiger partial charge on any atom is 0.336 e. The molecule has 160 valence electrons. The van der Waals surface area contributed by atoms with Crippen LogP contribution in [0.3, 0.4) is 0 Å². The zero-order chi connectivity index (χ0) is 22.4. The van der Waals surface area contributed by atoms with Gasteiger partial charge in [-0.3, -0.25) is 0 Å². The summed E-state index contributed by atoms with van der Waals surface area (Å²) in [5.74, 6) is -1.89.